The fraction of sp³-hybridized carbons (Fsp3) is 0.333. The quantitative estimate of drug-likeness (QED) is 0.173. The molecule has 0 bridgehead atoms. The molecule has 3 N–H and O–H groups in total. The number of alkyl halides is 3. The van der Waals surface area contributed by atoms with Crippen molar-refractivity contribution in [3.8, 4) is 0 Å². The lowest BCUT2D eigenvalue weighted by Crippen LogP contribution is -2.37. The molecule has 0 aliphatic carbocycles. The zero-order chi connectivity index (χ0) is 19.7. The van der Waals surface area contributed by atoms with Crippen molar-refractivity contribution in [1.29, 1.82) is 0 Å². The first kappa shape index (κ1) is 23.9. The summed E-state index contributed by atoms with van der Waals surface area (Å²) in [5, 5.41) is 9.20. The molecule has 0 aliphatic heterocycles. The van der Waals surface area contributed by atoms with E-state index in [1.165, 1.54) is 18.2 Å². The molecule has 2 rings (SSSR count). The summed E-state index contributed by atoms with van der Waals surface area (Å²) in [7, 11) is 1.64. The molecular formula is C18H22F4IN5. The van der Waals surface area contributed by atoms with E-state index in [4.69, 9.17) is 0 Å². The molecular weight excluding hydrogens is 489 g/mol. The van der Waals surface area contributed by atoms with Gasteiger partial charge in [-0.3, -0.25) is 4.99 Å². The highest BCUT2D eigenvalue weighted by atomic mass is 127. The van der Waals surface area contributed by atoms with Crippen molar-refractivity contribution >= 4 is 35.8 Å². The lowest BCUT2D eigenvalue weighted by atomic mass is 10.2. The van der Waals surface area contributed by atoms with Gasteiger partial charge in [-0.05, 0) is 36.2 Å². The Morgan fingerprint density at radius 1 is 1.04 bits per heavy atom. The molecule has 0 radical (unpaired) electrons. The predicted molar refractivity (Wildman–Crippen MR) is 112 cm³/mol. The van der Waals surface area contributed by atoms with Crippen molar-refractivity contribution in [3.05, 3.63) is 59.5 Å². The first-order valence-electron chi connectivity index (χ1n) is 8.34. The molecule has 1 heterocycles. The molecule has 1 aromatic carbocycles. The molecule has 5 nitrogen and oxygen atoms in total. The third-order valence-electron chi connectivity index (χ3n) is 3.64. The summed E-state index contributed by atoms with van der Waals surface area (Å²) < 4.78 is 50.3. The Balaban J connectivity index is 0.00000392. The van der Waals surface area contributed by atoms with Crippen LogP contribution < -0.4 is 16.0 Å². The van der Waals surface area contributed by atoms with Crippen LogP contribution in [0.4, 0.5) is 23.4 Å². The number of benzene rings is 1. The monoisotopic (exact) mass is 511 g/mol. The highest BCUT2D eigenvalue weighted by Crippen LogP contribution is 2.28. The smallest absolute Gasteiger partial charge is 0.370 e. The third kappa shape index (κ3) is 8.28. The topological polar surface area (TPSA) is 61.3 Å². The van der Waals surface area contributed by atoms with Gasteiger partial charge in [0, 0.05) is 32.9 Å². The van der Waals surface area contributed by atoms with Crippen LogP contribution in [0.3, 0.4) is 0 Å². The molecule has 0 unspecified atom stereocenters. The molecule has 154 valence electrons. The van der Waals surface area contributed by atoms with Crippen molar-refractivity contribution in [2.75, 3.05) is 25.5 Å². The zero-order valence-corrected chi connectivity index (χ0v) is 17.5. The van der Waals surface area contributed by atoms with E-state index in [1.54, 1.807) is 19.2 Å². The summed E-state index contributed by atoms with van der Waals surface area (Å²) in [4.78, 5) is 7.84. The van der Waals surface area contributed by atoms with Crippen molar-refractivity contribution < 1.29 is 17.6 Å². The minimum atomic E-state index is -4.38. The standard InChI is InChI=1S/C18H21F4N5.HI/c1-23-17(27-11-13-3-6-15(19)7-4-13)25-10-2-9-24-16-8-5-14(12-26-16)18(20,21)22;/h3-8,12H,2,9-11H2,1H3,(H,24,26)(H2,23,25,27);1H. The normalized spacial score (nSPS) is 11.5. The lowest BCUT2D eigenvalue weighted by Gasteiger charge is -2.12. The number of halogens is 5. The number of nitrogens with zero attached hydrogens (tertiary/aromatic N) is 2. The first-order chi connectivity index (χ1) is 12.9. The Morgan fingerprint density at radius 2 is 1.75 bits per heavy atom. The van der Waals surface area contributed by atoms with Gasteiger partial charge >= 0.3 is 6.18 Å². The van der Waals surface area contributed by atoms with E-state index in [9.17, 15) is 17.6 Å². The second kappa shape index (κ2) is 11.7. The first-order valence-corrected chi connectivity index (χ1v) is 8.34. The fourth-order valence-corrected chi connectivity index (χ4v) is 2.19. The van der Waals surface area contributed by atoms with Gasteiger partial charge in [0.15, 0.2) is 5.96 Å². The summed E-state index contributed by atoms with van der Waals surface area (Å²) in [6.45, 7) is 1.66. The number of hydrogen-bond donors (Lipinski definition) is 3. The average molecular weight is 511 g/mol. The molecule has 2 aromatic rings. The maximum absolute atomic E-state index is 12.9. The number of pyridine rings is 1. The Kier molecular flexibility index (Phi) is 9.97. The van der Waals surface area contributed by atoms with E-state index in [0.717, 1.165) is 17.8 Å². The number of aliphatic imine (C=N–C) groups is 1. The molecule has 0 fully saturated rings. The Labute approximate surface area is 178 Å². The van der Waals surface area contributed by atoms with Crippen LogP contribution in [-0.2, 0) is 12.7 Å². The highest BCUT2D eigenvalue weighted by molar-refractivity contribution is 14.0. The predicted octanol–water partition coefficient (Wildman–Crippen LogP) is 4.02. The van der Waals surface area contributed by atoms with E-state index in [1.807, 2.05) is 0 Å². The number of nitrogens with one attached hydrogen (secondary N) is 3. The number of guanidine groups is 1. The minimum Gasteiger partial charge on any atom is -0.370 e. The van der Waals surface area contributed by atoms with Gasteiger partial charge in [0.05, 0.1) is 5.56 Å². The van der Waals surface area contributed by atoms with E-state index >= 15 is 0 Å². The molecule has 0 amide bonds. The Bertz CT molecular complexity index is 733. The fourth-order valence-electron chi connectivity index (χ4n) is 2.19. The molecule has 0 aliphatic rings. The maximum atomic E-state index is 12.9. The summed E-state index contributed by atoms with van der Waals surface area (Å²) in [6, 6.07) is 8.48. The molecule has 1 aromatic heterocycles. The van der Waals surface area contributed by atoms with Crippen molar-refractivity contribution in [3.63, 3.8) is 0 Å². The van der Waals surface area contributed by atoms with E-state index in [0.29, 0.717) is 37.8 Å². The maximum Gasteiger partial charge on any atom is 0.417 e. The highest BCUT2D eigenvalue weighted by Gasteiger charge is 2.30. The van der Waals surface area contributed by atoms with E-state index < -0.39 is 11.7 Å². The van der Waals surface area contributed by atoms with E-state index in [2.05, 4.69) is 25.9 Å². The molecule has 0 saturated carbocycles. The van der Waals surface area contributed by atoms with Gasteiger partial charge in [0.2, 0.25) is 0 Å². The van der Waals surface area contributed by atoms with Gasteiger partial charge in [-0.25, -0.2) is 9.37 Å². The summed E-state index contributed by atoms with van der Waals surface area (Å²) in [5.41, 5.74) is 0.153. The van der Waals surface area contributed by atoms with Crippen LogP contribution in [0, 0.1) is 5.82 Å². The number of anilines is 1. The summed E-state index contributed by atoms with van der Waals surface area (Å²) in [5.74, 6) is 0.713. The SMILES string of the molecule is CN=C(NCCCNc1ccc(C(F)(F)F)cn1)NCc1ccc(F)cc1.I. The van der Waals surface area contributed by atoms with Gasteiger partial charge in [0.1, 0.15) is 11.6 Å². The summed E-state index contributed by atoms with van der Waals surface area (Å²) >= 11 is 0. The van der Waals surface area contributed by atoms with Gasteiger partial charge in [-0.2, -0.15) is 13.2 Å². The molecule has 10 heteroatoms. The number of rotatable bonds is 7. The van der Waals surface area contributed by atoms with Gasteiger partial charge in [-0.1, -0.05) is 12.1 Å². The van der Waals surface area contributed by atoms with Gasteiger partial charge in [0.25, 0.3) is 0 Å². The largest absolute Gasteiger partial charge is 0.417 e. The molecule has 0 atom stereocenters. The second-order valence-electron chi connectivity index (χ2n) is 5.69. The lowest BCUT2D eigenvalue weighted by molar-refractivity contribution is -0.137. The van der Waals surface area contributed by atoms with Gasteiger partial charge in [-0.15, -0.1) is 24.0 Å². The van der Waals surface area contributed by atoms with Crippen molar-refractivity contribution in [1.82, 2.24) is 15.6 Å². The molecule has 0 spiro atoms. The van der Waals surface area contributed by atoms with Crippen LogP contribution in [0.5, 0.6) is 0 Å². The molecule has 0 saturated heterocycles. The van der Waals surface area contributed by atoms with E-state index in [-0.39, 0.29) is 29.8 Å². The van der Waals surface area contributed by atoms with Crippen LogP contribution in [0.15, 0.2) is 47.6 Å². The van der Waals surface area contributed by atoms with Crippen LogP contribution in [0.1, 0.15) is 17.5 Å². The minimum absolute atomic E-state index is 0. The summed E-state index contributed by atoms with van der Waals surface area (Å²) in [6.07, 6.45) is -2.87. The third-order valence-corrected chi connectivity index (χ3v) is 3.64. The second-order valence-corrected chi connectivity index (χ2v) is 5.69. The Hall–Kier alpha value is -2.11. The van der Waals surface area contributed by atoms with Crippen molar-refractivity contribution in [2.24, 2.45) is 4.99 Å². The van der Waals surface area contributed by atoms with Crippen LogP contribution in [0.2, 0.25) is 0 Å². The Morgan fingerprint density at radius 3 is 2.32 bits per heavy atom. The van der Waals surface area contributed by atoms with Gasteiger partial charge < -0.3 is 16.0 Å². The van der Waals surface area contributed by atoms with Crippen LogP contribution in [-0.4, -0.2) is 31.1 Å². The van der Waals surface area contributed by atoms with Crippen LogP contribution in [0.25, 0.3) is 0 Å². The molecule has 28 heavy (non-hydrogen) atoms. The van der Waals surface area contributed by atoms with Crippen LogP contribution >= 0.6 is 24.0 Å². The number of aromatic nitrogens is 1. The number of hydrogen-bond acceptors (Lipinski definition) is 3. The average Bonchev–Trinajstić information content (AvgIpc) is 2.65. The van der Waals surface area contributed by atoms with Crippen molar-refractivity contribution in [2.45, 2.75) is 19.1 Å². The zero-order valence-electron chi connectivity index (χ0n) is 15.2.